The highest BCUT2D eigenvalue weighted by atomic mass is 16.2. The van der Waals surface area contributed by atoms with Crippen molar-refractivity contribution in [2.75, 3.05) is 13.1 Å². The second-order valence-electron chi connectivity index (χ2n) is 5.04. The number of likely N-dealkylation sites (tertiary alicyclic amines) is 1. The average molecular weight is 208 g/mol. The number of nitrogens with two attached hydrogens (primary N) is 1. The molecule has 3 heteroatoms. The molecule has 1 fully saturated rings. The van der Waals surface area contributed by atoms with E-state index in [1.54, 1.807) is 0 Å². The van der Waals surface area contributed by atoms with E-state index in [1.165, 1.54) is 6.42 Å². The number of nitrogens with zero attached hydrogens (tertiary/aromatic N) is 1. The first kappa shape index (κ1) is 12.1. The molecule has 15 heavy (non-hydrogen) atoms. The third-order valence-electron chi connectivity index (χ3n) is 2.87. The van der Waals surface area contributed by atoms with Crippen LogP contribution in [0.5, 0.6) is 0 Å². The summed E-state index contributed by atoms with van der Waals surface area (Å²) in [6.45, 7) is 5.98. The highest BCUT2D eigenvalue weighted by Gasteiger charge is 2.30. The molecule has 0 aromatic carbocycles. The van der Waals surface area contributed by atoms with Gasteiger partial charge >= 0.3 is 0 Å². The zero-order valence-electron chi connectivity index (χ0n) is 9.62. The Morgan fingerprint density at radius 1 is 1.67 bits per heavy atom. The Bertz CT molecular complexity index is 278. The summed E-state index contributed by atoms with van der Waals surface area (Å²) in [6, 6.07) is -0.524. The molecular weight excluding hydrogens is 188 g/mol. The molecule has 0 aromatic rings. The summed E-state index contributed by atoms with van der Waals surface area (Å²) in [7, 11) is 0. The van der Waals surface area contributed by atoms with Crippen LogP contribution < -0.4 is 5.73 Å². The van der Waals surface area contributed by atoms with Gasteiger partial charge in [0.1, 0.15) is 0 Å². The van der Waals surface area contributed by atoms with Crippen LogP contribution in [0.25, 0.3) is 0 Å². The highest BCUT2D eigenvalue weighted by Crippen LogP contribution is 2.28. The Kier molecular flexibility index (Phi) is 3.76. The first-order chi connectivity index (χ1) is 6.96. The molecule has 0 bridgehead atoms. The molecule has 0 aromatic heterocycles. The van der Waals surface area contributed by atoms with E-state index in [1.807, 2.05) is 4.90 Å². The summed E-state index contributed by atoms with van der Waals surface area (Å²) >= 11 is 0. The van der Waals surface area contributed by atoms with Gasteiger partial charge < -0.3 is 10.6 Å². The number of rotatable bonds is 2. The number of carbonyl (C=O) groups excluding carboxylic acids is 1. The molecular formula is C12H20N2O. The van der Waals surface area contributed by atoms with Crippen LogP contribution in [0.3, 0.4) is 0 Å². The molecule has 1 amide bonds. The normalized spacial score (nSPS) is 21.9. The van der Waals surface area contributed by atoms with Gasteiger partial charge in [0.15, 0.2) is 0 Å². The molecule has 0 saturated carbocycles. The van der Waals surface area contributed by atoms with Gasteiger partial charge in [0.25, 0.3) is 0 Å². The summed E-state index contributed by atoms with van der Waals surface area (Å²) in [5, 5.41) is 0. The minimum Gasteiger partial charge on any atom is -0.341 e. The lowest BCUT2D eigenvalue weighted by Crippen LogP contribution is -2.49. The van der Waals surface area contributed by atoms with Crippen molar-refractivity contribution in [2.24, 2.45) is 11.1 Å². The Balaban J connectivity index is 2.57. The van der Waals surface area contributed by atoms with E-state index >= 15 is 0 Å². The van der Waals surface area contributed by atoms with Crippen LogP contribution in [-0.2, 0) is 4.79 Å². The summed E-state index contributed by atoms with van der Waals surface area (Å²) in [5.74, 6) is 2.44. The zero-order chi connectivity index (χ0) is 11.5. The Labute approximate surface area is 92.0 Å². The molecule has 84 valence electrons. The van der Waals surface area contributed by atoms with E-state index in [0.717, 1.165) is 19.5 Å². The van der Waals surface area contributed by atoms with Gasteiger partial charge in [-0.05, 0) is 18.3 Å². The van der Waals surface area contributed by atoms with Gasteiger partial charge in [-0.3, -0.25) is 4.79 Å². The predicted molar refractivity (Wildman–Crippen MR) is 61.0 cm³/mol. The fourth-order valence-electron chi connectivity index (χ4n) is 2.06. The van der Waals surface area contributed by atoms with Crippen LogP contribution in [0.2, 0.25) is 0 Å². The van der Waals surface area contributed by atoms with Crippen LogP contribution in [0.1, 0.15) is 33.1 Å². The van der Waals surface area contributed by atoms with Gasteiger partial charge in [0.2, 0.25) is 5.91 Å². The van der Waals surface area contributed by atoms with Crippen molar-refractivity contribution in [2.45, 2.75) is 39.2 Å². The maximum atomic E-state index is 11.9. The molecule has 0 radical (unpaired) electrons. The van der Waals surface area contributed by atoms with Gasteiger partial charge in [0, 0.05) is 19.5 Å². The van der Waals surface area contributed by atoms with E-state index < -0.39 is 6.04 Å². The van der Waals surface area contributed by atoms with Crippen molar-refractivity contribution in [1.82, 2.24) is 4.90 Å². The number of amides is 1. The quantitative estimate of drug-likeness (QED) is 0.688. The monoisotopic (exact) mass is 208 g/mol. The number of piperidine rings is 1. The van der Waals surface area contributed by atoms with Crippen molar-refractivity contribution in [3.63, 3.8) is 0 Å². The fraction of sp³-hybridized carbons (Fsp3) is 0.750. The van der Waals surface area contributed by atoms with E-state index in [-0.39, 0.29) is 11.3 Å². The lowest BCUT2D eigenvalue weighted by molar-refractivity contribution is -0.135. The summed E-state index contributed by atoms with van der Waals surface area (Å²) in [4.78, 5) is 13.7. The second kappa shape index (κ2) is 4.67. The lowest BCUT2D eigenvalue weighted by atomic mass is 9.84. The van der Waals surface area contributed by atoms with E-state index in [0.29, 0.717) is 6.42 Å². The zero-order valence-corrected chi connectivity index (χ0v) is 9.62. The molecule has 1 unspecified atom stereocenters. The SMILES string of the molecule is C#CCC(N)C(=O)N1CCCC(C)(C)C1. The maximum absolute atomic E-state index is 11.9. The molecule has 1 aliphatic heterocycles. The Hall–Kier alpha value is -1.01. The van der Waals surface area contributed by atoms with Gasteiger partial charge in [-0.25, -0.2) is 0 Å². The Morgan fingerprint density at radius 2 is 2.33 bits per heavy atom. The number of carbonyl (C=O) groups is 1. The predicted octanol–water partition coefficient (Wildman–Crippen LogP) is 0.986. The van der Waals surface area contributed by atoms with E-state index in [9.17, 15) is 4.79 Å². The first-order valence-corrected chi connectivity index (χ1v) is 5.44. The van der Waals surface area contributed by atoms with Crippen LogP contribution in [0.15, 0.2) is 0 Å². The number of terminal acetylenes is 1. The van der Waals surface area contributed by atoms with Crippen molar-refractivity contribution in [3.05, 3.63) is 0 Å². The van der Waals surface area contributed by atoms with Crippen molar-refractivity contribution < 1.29 is 4.79 Å². The van der Waals surface area contributed by atoms with Crippen LogP contribution in [-0.4, -0.2) is 29.9 Å². The molecule has 1 aliphatic rings. The second-order valence-corrected chi connectivity index (χ2v) is 5.04. The largest absolute Gasteiger partial charge is 0.341 e. The van der Waals surface area contributed by atoms with Gasteiger partial charge in [-0.2, -0.15) is 0 Å². The smallest absolute Gasteiger partial charge is 0.240 e. The molecule has 1 atom stereocenters. The van der Waals surface area contributed by atoms with Crippen molar-refractivity contribution >= 4 is 5.91 Å². The minimum absolute atomic E-state index is 0.000671. The summed E-state index contributed by atoms with van der Waals surface area (Å²) in [5.41, 5.74) is 5.93. The minimum atomic E-state index is -0.524. The maximum Gasteiger partial charge on any atom is 0.240 e. The van der Waals surface area contributed by atoms with Crippen molar-refractivity contribution in [3.8, 4) is 12.3 Å². The molecule has 3 nitrogen and oxygen atoms in total. The number of hydrogen-bond donors (Lipinski definition) is 1. The van der Waals surface area contributed by atoms with Gasteiger partial charge in [0.05, 0.1) is 6.04 Å². The highest BCUT2D eigenvalue weighted by molar-refractivity contribution is 5.82. The molecule has 1 saturated heterocycles. The topological polar surface area (TPSA) is 46.3 Å². The third kappa shape index (κ3) is 3.24. The molecule has 2 N–H and O–H groups in total. The van der Waals surface area contributed by atoms with Crippen LogP contribution >= 0.6 is 0 Å². The Morgan fingerprint density at radius 3 is 2.87 bits per heavy atom. The van der Waals surface area contributed by atoms with Gasteiger partial charge in [-0.15, -0.1) is 12.3 Å². The van der Waals surface area contributed by atoms with Crippen molar-refractivity contribution in [1.29, 1.82) is 0 Å². The first-order valence-electron chi connectivity index (χ1n) is 5.44. The average Bonchev–Trinajstić information content (AvgIpc) is 2.15. The van der Waals surface area contributed by atoms with Crippen LogP contribution in [0, 0.1) is 17.8 Å². The lowest BCUT2D eigenvalue weighted by Gasteiger charge is -2.38. The van der Waals surface area contributed by atoms with E-state index in [2.05, 4.69) is 19.8 Å². The van der Waals surface area contributed by atoms with Gasteiger partial charge in [-0.1, -0.05) is 13.8 Å². The fourth-order valence-corrected chi connectivity index (χ4v) is 2.06. The van der Waals surface area contributed by atoms with Crippen LogP contribution in [0.4, 0.5) is 0 Å². The standard InChI is InChI=1S/C12H20N2O/c1-4-6-10(13)11(15)14-8-5-7-12(2,3)9-14/h1,10H,5-9,13H2,2-3H3. The molecule has 1 heterocycles. The summed E-state index contributed by atoms with van der Waals surface area (Å²) < 4.78 is 0. The molecule has 0 spiro atoms. The summed E-state index contributed by atoms with van der Waals surface area (Å²) in [6.07, 6.45) is 7.70. The number of hydrogen-bond acceptors (Lipinski definition) is 2. The third-order valence-corrected chi connectivity index (χ3v) is 2.87. The molecule has 0 aliphatic carbocycles. The molecule has 1 rings (SSSR count). The van der Waals surface area contributed by atoms with E-state index in [4.69, 9.17) is 12.2 Å².